The molecule has 1 aromatic rings. The van der Waals surface area contributed by atoms with Gasteiger partial charge < -0.3 is 15.0 Å². The van der Waals surface area contributed by atoms with Gasteiger partial charge in [-0.15, -0.1) is 0 Å². The van der Waals surface area contributed by atoms with Crippen LogP contribution in [0.1, 0.15) is 38.7 Å². The zero-order valence-electron chi connectivity index (χ0n) is 15.3. The summed E-state index contributed by atoms with van der Waals surface area (Å²) in [6.45, 7) is 4.78. The van der Waals surface area contributed by atoms with Crippen LogP contribution in [0.5, 0.6) is 5.75 Å². The molecular formula is C20H27N3O2. The summed E-state index contributed by atoms with van der Waals surface area (Å²) in [5.74, 6) is 0.508. The van der Waals surface area contributed by atoms with Gasteiger partial charge in [0.1, 0.15) is 17.4 Å². The van der Waals surface area contributed by atoms with Crippen LogP contribution in [-0.4, -0.2) is 36.5 Å². The SMILES string of the molecule is COc1ccc(CCNC(=O)/C(C#N)=C\N2C(C)CCCC2C)cc1. The van der Waals surface area contributed by atoms with Crippen molar-refractivity contribution in [3.63, 3.8) is 0 Å². The number of piperidine rings is 1. The molecule has 0 saturated carbocycles. The number of nitrogens with zero attached hydrogens (tertiary/aromatic N) is 2. The Labute approximate surface area is 150 Å². The number of hydrogen-bond donors (Lipinski definition) is 1. The van der Waals surface area contributed by atoms with Gasteiger partial charge >= 0.3 is 0 Å². The molecule has 1 aliphatic rings. The number of likely N-dealkylation sites (tertiary alicyclic amines) is 1. The quantitative estimate of drug-likeness (QED) is 0.638. The molecule has 1 amide bonds. The zero-order chi connectivity index (χ0) is 18.2. The Balaban J connectivity index is 1.90. The normalized spacial score (nSPS) is 20.7. The van der Waals surface area contributed by atoms with Crippen molar-refractivity contribution in [2.75, 3.05) is 13.7 Å². The minimum atomic E-state index is -0.305. The van der Waals surface area contributed by atoms with E-state index in [1.54, 1.807) is 13.3 Å². The molecule has 0 spiro atoms. The maximum Gasteiger partial charge on any atom is 0.263 e. The molecule has 5 heteroatoms. The molecule has 2 atom stereocenters. The number of nitriles is 1. The van der Waals surface area contributed by atoms with E-state index in [9.17, 15) is 10.1 Å². The first-order chi connectivity index (χ1) is 12.0. The van der Waals surface area contributed by atoms with Crippen LogP contribution in [0.4, 0.5) is 0 Å². The summed E-state index contributed by atoms with van der Waals surface area (Å²) in [6.07, 6.45) is 5.84. The number of benzene rings is 1. The smallest absolute Gasteiger partial charge is 0.263 e. The van der Waals surface area contributed by atoms with Crippen molar-refractivity contribution < 1.29 is 9.53 Å². The Morgan fingerprint density at radius 1 is 1.32 bits per heavy atom. The number of carbonyl (C=O) groups is 1. The number of ether oxygens (including phenoxy) is 1. The minimum Gasteiger partial charge on any atom is -0.497 e. The number of rotatable bonds is 6. The molecule has 134 valence electrons. The lowest BCUT2D eigenvalue weighted by Crippen LogP contribution is -2.40. The highest BCUT2D eigenvalue weighted by atomic mass is 16.5. The van der Waals surface area contributed by atoms with E-state index in [1.807, 2.05) is 30.3 Å². The highest BCUT2D eigenvalue weighted by Crippen LogP contribution is 2.23. The number of hydrogen-bond acceptors (Lipinski definition) is 4. The average molecular weight is 341 g/mol. The van der Waals surface area contributed by atoms with E-state index in [1.165, 1.54) is 6.42 Å². The molecule has 5 nitrogen and oxygen atoms in total. The Morgan fingerprint density at radius 3 is 2.52 bits per heavy atom. The van der Waals surface area contributed by atoms with E-state index in [2.05, 4.69) is 24.1 Å². The molecule has 1 N–H and O–H groups in total. The predicted octanol–water partition coefficient (Wildman–Crippen LogP) is 3.02. The lowest BCUT2D eigenvalue weighted by Gasteiger charge is -2.38. The summed E-state index contributed by atoms with van der Waals surface area (Å²) < 4.78 is 5.13. The lowest BCUT2D eigenvalue weighted by molar-refractivity contribution is -0.117. The second kappa shape index (κ2) is 9.12. The Kier molecular flexibility index (Phi) is 6.88. The largest absolute Gasteiger partial charge is 0.497 e. The predicted molar refractivity (Wildman–Crippen MR) is 98.0 cm³/mol. The summed E-state index contributed by atoms with van der Waals surface area (Å²) in [4.78, 5) is 14.4. The molecule has 2 unspecified atom stereocenters. The molecule has 25 heavy (non-hydrogen) atoms. The summed E-state index contributed by atoms with van der Waals surface area (Å²) in [5, 5.41) is 12.2. The van der Waals surface area contributed by atoms with Crippen molar-refractivity contribution in [1.82, 2.24) is 10.2 Å². The van der Waals surface area contributed by atoms with E-state index < -0.39 is 0 Å². The first-order valence-electron chi connectivity index (χ1n) is 8.85. The van der Waals surface area contributed by atoms with Crippen LogP contribution in [-0.2, 0) is 11.2 Å². The van der Waals surface area contributed by atoms with E-state index in [0.717, 1.165) is 24.2 Å². The average Bonchev–Trinajstić information content (AvgIpc) is 2.62. The number of nitrogens with one attached hydrogen (secondary N) is 1. The molecule has 1 heterocycles. The van der Waals surface area contributed by atoms with Gasteiger partial charge in [0.2, 0.25) is 0 Å². The number of amides is 1. The standard InChI is InChI=1S/C20H27N3O2/c1-15-5-4-6-16(2)23(15)14-18(13-21)20(24)22-12-11-17-7-9-19(25-3)10-8-17/h7-10,14-16H,4-6,11-12H2,1-3H3,(H,22,24)/b18-14-. The third-order valence-corrected chi connectivity index (χ3v) is 4.76. The van der Waals surface area contributed by atoms with Gasteiger partial charge in [-0.1, -0.05) is 12.1 Å². The summed E-state index contributed by atoms with van der Waals surface area (Å²) in [7, 11) is 1.63. The van der Waals surface area contributed by atoms with Crippen LogP contribution in [0.3, 0.4) is 0 Å². The summed E-state index contributed by atoms with van der Waals surface area (Å²) >= 11 is 0. The summed E-state index contributed by atoms with van der Waals surface area (Å²) in [5.41, 5.74) is 1.29. The van der Waals surface area contributed by atoms with Gasteiger partial charge in [0, 0.05) is 24.8 Å². The van der Waals surface area contributed by atoms with Crippen LogP contribution in [0, 0.1) is 11.3 Å². The van der Waals surface area contributed by atoms with Crippen molar-refractivity contribution in [2.45, 2.75) is 51.6 Å². The maximum atomic E-state index is 12.3. The molecule has 1 aromatic carbocycles. The van der Waals surface area contributed by atoms with Crippen molar-refractivity contribution in [3.8, 4) is 11.8 Å². The topological polar surface area (TPSA) is 65.4 Å². The van der Waals surface area contributed by atoms with E-state index in [0.29, 0.717) is 25.0 Å². The van der Waals surface area contributed by atoms with Crippen molar-refractivity contribution >= 4 is 5.91 Å². The highest BCUT2D eigenvalue weighted by Gasteiger charge is 2.23. The van der Waals surface area contributed by atoms with Crippen molar-refractivity contribution in [3.05, 3.63) is 41.6 Å². The third-order valence-electron chi connectivity index (χ3n) is 4.76. The second-order valence-electron chi connectivity index (χ2n) is 6.58. The monoisotopic (exact) mass is 341 g/mol. The van der Waals surface area contributed by atoms with Gasteiger partial charge in [0.05, 0.1) is 7.11 Å². The van der Waals surface area contributed by atoms with Crippen LogP contribution in [0.15, 0.2) is 36.0 Å². The van der Waals surface area contributed by atoms with E-state index in [-0.39, 0.29) is 11.5 Å². The summed E-state index contributed by atoms with van der Waals surface area (Å²) in [6, 6.07) is 10.5. The van der Waals surface area contributed by atoms with Gasteiger partial charge in [-0.05, 0) is 57.2 Å². The Morgan fingerprint density at radius 2 is 1.96 bits per heavy atom. The van der Waals surface area contributed by atoms with Crippen molar-refractivity contribution in [2.24, 2.45) is 0 Å². The zero-order valence-corrected chi connectivity index (χ0v) is 15.3. The first kappa shape index (κ1) is 18.9. The fraction of sp³-hybridized carbons (Fsp3) is 0.500. The van der Waals surface area contributed by atoms with Gasteiger partial charge in [-0.25, -0.2) is 0 Å². The molecule has 1 aliphatic heterocycles. The molecule has 0 radical (unpaired) electrons. The van der Waals surface area contributed by atoms with E-state index >= 15 is 0 Å². The molecule has 2 rings (SSSR count). The fourth-order valence-corrected chi connectivity index (χ4v) is 3.19. The van der Waals surface area contributed by atoms with Crippen LogP contribution < -0.4 is 10.1 Å². The van der Waals surface area contributed by atoms with Gasteiger partial charge in [0.15, 0.2) is 0 Å². The van der Waals surface area contributed by atoms with Gasteiger partial charge in [-0.2, -0.15) is 5.26 Å². The maximum absolute atomic E-state index is 12.3. The molecule has 1 saturated heterocycles. The minimum absolute atomic E-state index is 0.176. The Bertz CT molecular complexity index is 636. The third kappa shape index (κ3) is 5.25. The Hall–Kier alpha value is -2.48. The van der Waals surface area contributed by atoms with Crippen LogP contribution >= 0.6 is 0 Å². The number of carbonyl (C=O) groups excluding carboxylic acids is 1. The molecule has 0 bridgehead atoms. The van der Waals surface area contributed by atoms with E-state index in [4.69, 9.17) is 4.74 Å². The number of methoxy groups -OCH3 is 1. The first-order valence-corrected chi connectivity index (χ1v) is 8.85. The molecule has 0 aromatic heterocycles. The van der Waals surface area contributed by atoms with Gasteiger partial charge in [0.25, 0.3) is 5.91 Å². The second-order valence-corrected chi connectivity index (χ2v) is 6.58. The van der Waals surface area contributed by atoms with Crippen molar-refractivity contribution in [1.29, 1.82) is 5.26 Å². The highest BCUT2D eigenvalue weighted by molar-refractivity contribution is 5.97. The lowest BCUT2D eigenvalue weighted by atomic mass is 9.98. The molecule has 1 fully saturated rings. The van der Waals surface area contributed by atoms with Crippen LogP contribution in [0.2, 0.25) is 0 Å². The van der Waals surface area contributed by atoms with Crippen LogP contribution in [0.25, 0.3) is 0 Å². The van der Waals surface area contributed by atoms with Gasteiger partial charge in [-0.3, -0.25) is 4.79 Å². The molecule has 0 aliphatic carbocycles. The fourth-order valence-electron chi connectivity index (χ4n) is 3.19. The molecular weight excluding hydrogens is 314 g/mol.